The van der Waals surface area contributed by atoms with Crippen molar-refractivity contribution in [1.82, 2.24) is 5.43 Å². The zero-order valence-electron chi connectivity index (χ0n) is 10.0. The van der Waals surface area contributed by atoms with Crippen molar-refractivity contribution in [3.05, 3.63) is 63.7 Å². The molecule has 0 radical (unpaired) electrons. The van der Waals surface area contributed by atoms with Crippen LogP contribution in [0.4, 0.5) is 0 Å². The number of nitrogens with one attached hydrogen (secondary N) is 1. The summed E-state index contributed by atoms with van der Waals surface area (Å²) >= 11 is 2.16. The third-order valence-corrected chi connectivity index (χ3v) is 3.46. The van der Waals surface area contributed by atoms with Crippen molar-refractivity contribution in [2.75, 3.05) is 0 Å². The van der Waals surface area contributed by atoms with Crippen molar-refractivity contribution in [3.8, 4) is 5.75 Å². The van der Waals surface area contributed by atoms with Gasteiger partial charge in [-0.2, -0.15) is 0 Å². The van der Waals surface area contributed by atoms with E-state index in [2.05, 4.69) is 28.0 Å². The molecule has 0 bridgehead atoms. The van der Waals surface area contributed by atoms with Crippen molar-refractivity contribution in [2.24, 2.45) is 5.84 Å². The van der Waals surface area contributed by atoms with Crippen LogP contribution in [0, 0.1) is 3.57 Å². The summed E-state index contributed by atoms with van der Waals surface area (Å²) in [5.41, 5.74) is 2.89. The molecule has 1 unspecified atom stereocenters. The van der Waals surface area contributed by atoms with E-state index in [0.717, 1.165) is 9.13 Å². The molecule has 0 saturated heterocycles. The van der Waals surface area contributed by atoms with E-state index in [4.69, 9.17) is 10.6 Å². The largest absolute Gasteiger partial charge is 0.475 e. The van der Waals surface area contributed by atoms with Gasteiger partial charge in [0.15, 0.2) is 0 Å². The van der Waals surface area contributed by atoms with Crippen LogP contribution in [0.1, 0.15) is 11.7 Å². The minimum atomic E-state index is -0.762. The molecule has 0 fully saturated rings. The van der Waals surface area contributed by atoms with Gasteiger partial charge in [-0.15, -0.1) is 0 Å². The summed E-state index contributed by atoms with van der Waals surface area (Å²) in [7, 11) is 0. The highest BCUT2D eigenvalue weighted by molar-refractivity contribution is 14.1. The van der Waals surface area contributed by atoms with Gasteiger partial charge in [0.05, 0.1) is 3.57 Å². The summed E-state index contributed by atoms with van der Waals surface area (Å²) in [6.45, 7) is 0. The van der Waals surface area contributed by atoms with Crippen LogP contribution in [-0.2, 0) is 4.79 Å². The summed E-state index contributed by atoms with van der Waals surface area (Å²) in [5.74, 6) is 5.49. The first-order valence-corrected chi connectivity index (χ1v) is 6.77. The van der Waals surface area contributed by atoms with Gasteiger partial charge in [-0.25, -0.2) is 5.84 Å². The molecule has 19 heavy (non-hydrogen) atoms. The first kappa shape index (κ1) is 13.8. The second-order valence-electron chi connectivity index (χ2n) is 3.85. The van der Waals surface area contributed by atoms with E-state index in [1.165, 1.54) is 0 Å². The minimum Gasteiger partial charge on any atom is -0.475 e. The molecule has 1 atom stereocenters. The number of benzene rings is 2. The van der Waals surface area contributed by atoms with Crippen molar-refractivity contribution < 1.29 is 9.53 Å². The molecule has 3 N–H and O–H groups in total. The Hall–Kier alpha value is -1.60. The van der Waals surface area contributed by atoms with Crippen LogP contribution in [0.2, 0.25) is 0 Å². The van der Waals surface area contributed by atoms with Gasteiger partial charge in [0, 0.05) is 5.56 Å². The molecule has 0 aliphatic heterocycles. The van der Waals surface area contributed by atoms with E-state index >= 15 is 0 Å². The number of amides is 1. The monoisotopic (exact) mass is 368 g/mol. The van der Waals surface area contributed by atoms with E-state index in [9.17, 15) is 4.79 Å². The molecule has 2 aromatic carbocycles. The normalized spacial score (nSPS) is 11.7. The van der Waals surface area contributed by atoms with Crippen molar-refractivity contribution >= 4 is 28.5 Å². The van der Waals surface area contributed by atoms with Gasteiger partial charge >= 0.3 is 0 Å². The zero-order valence-corrected chi connectivity index (χ0v) is 12.2. The number of rotatable bonds is 4. The summed E-state index contributed by atoms with van der Waals surface area (Å²) in [6, 6.07) is 16.8. The van der Waals surface area contributed by atoms with Gasteiger partial charge in [-0.3, -0.25) is 10.2 Å². The van der Waals surface area contributed by atoms with Gasteiger partial charge in [-0.05, 0) is 34.7 Å². The highest BCUT2D eigenvalue weighted by Gasteiger charge is 2.22. The molecule has 0 aliphatic carbocycles. The van der Waals surface area contributed by atoms with Crippen LogP contribution in [0.25, 0.3) is 0 Å². The lowest BCUT2D eigenvalue weighted by atomic mass is 10.1. The van der Waals surface area contributed by atoms with Crippen LogP contribution < -0.4 is 16.0 Å². The fourth-order valence-electron chi connectivity index (χ4n) is 1.64. The number of ether oxygens (including phenoxy) is 1. The lowest BCUT2D eigenvalue weighted by molar-refractivity contribution is -0.128. The molecule has 98 valence electrons. The maximum absolute atomic E-state index is 11.9. The van der Waals surface area contributed by atoms with Crippen LogP contribution >= 0.6 is 22.6 Å². The second kappa shape index (κ2) is 6.53. The first-order chi connectivity index (χ1) is 9.22. The van der Waals surface area contributed by atoms with E-state index in [0.29, 0.717) is 5.75 Å². The topological polar surface area (TPSA) is 64.3 Å². The smallest absolute Gasteiger partial charge is 0.279 e. The fraction of sp³-hybridized carbons (Fsp3) is 0.0714. The highest BCUT2D eigenvalue weighted by atomic mass is 127. The van der Waals surface area contributed by atoms with Crippen molar-refractivity contribution in [3.63, 3.8) is 0 Å². The zero-order chi connectivity index (χ0) is 13.7. The molecule has 0 aliphatic rings. The number of para-hydroxylation sites is 1. The average molecular weight is 368 g/mol. The summed E-state index contributed by atoms with van der Waals surface area (Å²) < 4.78 is 6.72. The van der Waals surface area contributed by atoms with Gasteiger partial charge in [0.25, 0.3) is 5.91 Å². The molecule has 2 aromatic rings. The van der Waals surface area contributed by atoms with E-state index < -0.39 is 6.10 Å². The Labute approximate surface area is 125 Å². The lowest BCUT2D eigenvalue weighted by Gasteiger charge is -2.18. The molecule has 0 aromatic heterocycles. The molecule has 1 amide bonds. The SMILES string of the molecule is NNC(=O)C(Oc1ccccc1I)c1ccccc1. The van der Waals surface area contributed by atoms with E-state index in [-0.39, 0.29) is 5.91 Å². The van der Waals surface area contributed by atoms with E-state index in [1.807, 2.05) is 54.6 Å². The number of halogens is 1. The quantitative estimate of drug-likeness (QED) is 0.377. The lowest BCUT2D eigenvalue weighted by Crippen LogP contribution is -2.37. The number of hydrogen-bond acceptors (Lipinski definition) is 3. The number of hydrazine groups is 1. The number of carbonyl (C=O) groups is 1. The Morgan fingerprint density at radius 3 is 2.37 bits per heavy atom. The van der Waals surface area contributed by atoms with Crippen molar-refractivity contribution in [2.45, 2.75) is 6.10 Å². The third-order valence-electron chi connectivity index (χ3n) is 2.56. The molecular formula is C14H13IN2O2. The molecule has 2 rings (SSSR count). The maximum Gasteiger partial charge on any atom is 0.279 e. The molecule has 4 nitrogen and oxygen atoms in total. The maximum atomic E-state index is 11.9. The Morgan fingerprint density at radius 2 is 1.74 bits per heavy atom. The predicted molar refractivity (Wildman–Crippen MR) is 81.3 cm³/mol. The fourth-order valence-corrected chi connectivity index (χ4v) is 2.16. The molecule has 0 saturated carbocycles. The number of nitrogens with two attached hydrogens (primary N) is 1. The summed E-state index contributed by atoms with van der Waals surface area (Å²) in [6.07, 6.45) is -0.762. The highest BCUT2D eigenvalue weighted by Crippen LogP contribution is 2.26. The Morgan fingerprint density at radius 1 is 1.11 bits per heavy atom. The first-order valence-electron chi connectivity index (χ1n) is 5.69. The standard InChI is InChI=1S/C14H13IN2O2/c15-11-8-4-5-9-12(11)19-13(14(18)17-16)10-6-2-1-3-7-10/h1-9,13H,16H2,(H,17,18). The van der Waals surface area contributed by atoms with Crippen LogP contribution in [0.5, 0.6) is 5.75 Å². The molecule has 0 spiro atoms. The minimum absolute atomic E-state index is 0.383. The van der Waals surface area contributed by atoms with Gasteiger partial charge in [0.1, 0.15) is 5.75 Å². The Kier molecular flexibility index (Phi) is 4.75. The van der Waals surface area contributed by atoms with Gasteiger partial charge in [0.2, 0.25) is 6.10 Å². The van der Waals surface area contributed by atoms with Gasteiger partial charge in [-0.1, -0.05) is 42.5 Å². The van der Waals surface area contributed by atoms with Crippen LogP contribution in [0.3, 0.4) is 0 Å². The summed E-state index contributed by atoms with van der Waals surface area (Å²) in [5, 5.41) is 0. The third kappa shape index (κ3) is 3.45. The summed E-state index contributed by atoms with van der Waals surface area (Å²) in [4.78, 5) is 11.9. The molecule has 0 heterocycles. The molecule has 5 heteroatoms. The average Bonchev–Trinajstić information content (AvgIpc) is 2.46. The Bertz CT molecular complexity index is 560. The number of hydrogen-bond donors (Lipinski definition) is 2. The predicted octanol–water partition coefficient (Wildman–Crippen LogP) is 2.40. The Balaban J connectivity index is 2.30. The van der Waals surface area contributed by atoms with Gasteiger partial charge < -0.3 is 4.74 Å². The van der Waals surface area contributed by atoms with Crippen LogP contribution in [-0.4, -0.2) is 5.91 Å². The number of carbonyl (C=O) groups excluding carboxylic acids is 1. The van der Waals surface area contributed by atoms with Crippen molar-refractivity contribution in [1.29, 1.82) is 0 Å². The second-order valence-corrected chi connectivity index (χ2v) is 5.01. The van der Waals surface area contributed by atoms with E-state index in [1.54, 1.807) is 0 Å². The van der Waals surface area contributed by atoms with Crippen LogP contribution in [0.15, 0.2) is 54.6 Å². The molecular weight excluding hydrogens is 355 g/mol.